The zero-order valence-corrected chi connectivity index (χ0v) is 13.0. The number of amides is 1. The van der Waals surface area contributed by atoms with Gasteiger partial charge in [0, 0.05) is 25.8 Å². The fourth-order valence-electron chi connectivity index (χ4n) is 3.26. The van der Waals surface area contributed by atoms with Crippen molar-refractivity contribution in [2.45, 2.75) is 19.1 Å². The van der Waals surface area contributed by atoms with Gasteiger partial charge in [-0.15, -0.1) is 0 Å². The van der Waals surface area contributed by atoms with Crippen molar-refractivity contribution in [2.24, 2.45) is 0 Å². The molecule has 0 radical (unpaired) electrons. The molecule has 0 aromatic carbocycles. The highest BCUT2D eigenvalue weighted by atomic mass is 16.5. The first-order valence-electron chi connectivity index (χ1n) is 7.84. The van der Waals surface area contributed by atoms with Crippen LogP contribution in [0.3, 0.4) is 0 Å². The van der Waals surface area contributed by atoms with Gasteiger partial charge in [0.15, 0.2) is 5.82 Å². The van der Waals surface area contributed by atoms with Crippen LogP contribution in [0.15, 0.2) is 30.6 Å². The molecular weight excluding hydrogens is 294 g/mol. The van der Waals surface area contributed by atoms with Gasteiger partial charge in [0.25, 0.3) is 5.91 Å². The van der Waals surface area contributed by atoms with Crippen LogP contribution in [0.4, 0.5) is 0 Å². The standard InChI is InChI=1S/C16H19N5O2/c1-11-12(8-19-21(11)15-4-2-3-5-18-15)16(22)20-9-13-14(10-20)23-7-6-17-13/h2-5,8,13-14,17H,6-7,9-10H2,1H3/t13-,14-/m0/s1. The van der Waals surface area contributed by atoms with Crippen molar-refractivity contribution < 1.29 is 9.53 Å². The molecule has 2 aliphatic rings. The highest BCUT2D eigenvalue weighted by Gasteiger charge is 2.38. The molecule has 0 saturated carbocycles. The van der Waals surface area contributed by atoms with Crippen LogP contribution in [0.25, 0.3) is 5.82 Å². The average Bonchev–Trinajstić information content (AvgIpc) is 3.18. The number of ether oxygens (including phenoxy) is 1. The van der Waals surface area contributed by atoms with E-state index in [1.807, 2.05) is 30.0 Å². The molecule has 1 amide bonds. The third kappa shape index (κ3) is 2.51. The van der Waals surface area contributed by atoms with Gasteiger partial charge in [0.2, 0.25) is 0 Å². The van der Waals surface area contributed by atoms with E-state index in [1.165, 1.54) is 0 Å². The summed E-state index contributed by atoms with van der Waals surface area (Å²) in [7, 11) is 0. The molecule has 7 heteroatoms. The van der Waals surface area contributed by atoms with Crippen molar-refractivity contribution in [3.05, 3.63) is 41.9 Å². The quantitative estimate of drug-likeness (QED) is 0.868. The normalized spacial score (nSPS) is 23.8. The Hall–Kier alpha value is -2.25. The van der Waals surface area contributed by atoms with Crippen LogP contribution >= 0.6 is 0 Å². The summed E-state index contributed by atoms with van der Waals surface area (Å²) in [5.41, 5.74) is 1.42. The van der Waals surface area contributed by atoms with Crippen LogP contribution in [-0.4, -0.2) is 64.0 Å². The molecule has 0 aliphatic carbocycles. The van der Waals surface area contributed by atoms with Crippen LogP contribution in [0.5, 0.6) is 0 Å². The largest absolute Gasteiger partial charge is 0.373 e. The molecule has 7 nitrogen and oxygen atoms in total. The van der Waals surface area contributed by atoms with Crippen molar-refractivity contribution in [1.29, 1.82) is 0 Å². The number of fused-ring (bicyclic) bond motifs is 1. The van der Waals surface area contributed by atoms with Gasteiger partial charge in [-0.3, -0.25) is 4.79 Å². The first-order valence-corrected chi connectivity index (χ1v) is 7.84. The van der Waals surface area contributed by atoms with E-state index < -0.39 is 0 Å². The maximum Gasteiger partial charge on any atom is 0.257 e. The lowest BCUT2D eigenvalue weighted by atomic mass is 10.2. The van der Waals surface area contributed by atoms with Gasteiger partial charge in [-0.1, -0.05) is 6.07 Å². The summed E-state index contributed by atoms with van der Waals surface area (Å²) in [4.78, 5) is 19.0. The minimum absolute atomic E-state index is 0.00415. The van der Waals surface area contributed by atoms with Crippen LogP contribution in [-0.2, 0) is 4.74 Å². The first kappa shape index (κ1) is 14.3. The molecule has 4 rings (SSSR count). The Balaban J connectivity index is 1.57. The van der Waals surface area contributed by atoms with Crippen LogP contribution < -0.4 is 5.32 Å². The molecule has 2 atom stereocenters. The number of carbonyl (C=O) groups excluding carboxylic acids is 1. The molecule has 0 bridgehead atoms. The molecule has 1 N–H and O–H groups in total. The molecule has 2 aromatic heterocycles. The third-order valence-corrected chi connectivity index (χ3v) is 4.50. The third-order valence-electron chi connectivity index (χ3n) is 4.50. The number of pyridine rings is 1. The SMILES string of the molecule is Cc1c(C(=O)N2C[C@@H]3NCCO[C@H]3C2)cnn1-c1ccccn1. The predicted molar refractivity (Wildman–Crippen MR) is 83.5 cm³/mol. The summed E-state index contributed by atoms with van der Waals surface area (Å²) < 4.78 is 7.44. The molecule has 2 aliphatic heterocycles. The van der Waals surface area contributed by atoms with E-state index in [9.17, 15) is 4.79 Å². The maximum atomic E-state index is 12.8. The van der Waals surface area contributed by atoms with Crippen LogP contribution in [0.2, 0.25) is 0 Å². The average molecular weight is 313 g/mol. The predicted octanol–water partition coefficient (Wildman–Crippen LogP) is 0.389. The number of morpholine rings is 1. The number of aromatic nitrogens is 3. The van der Waals surface area contributed by atoms with E-state index >= 15 is 0 Å². The van der Waals surface area contributed by atoms with Gasteiger partial charge in [-0.25, -0.2) is 9.67 Å². The van der Waals surface area contributed by atoms with Gasteiger partial charge >= 0.3 is 0 Å². The Labute approximate surface area is 134 Å². The second-order valence-corrected chi connectivity index (χ2v) is 5.92. The highest BCUT2D eigenvalue weighted by Crippen LogP contribution is 2.21. The number of nitrogens with zero attached hydrogens (tertiary/aromatic N) is 4. The molecule has 4 heterocycles. The van der Waals surface area contributed by atoms with E-state index in [0.717, 1.165) is 12.2 Å². The van der Waals surface area contributed by atoms with E-state index in [1.54, 1.807) is 17.1 Å². The Morgan fingerprint density at radius 1 is 1.39 bits per heavy atom. The van der Waals surface area contributed by atoms with Crippen molar-refractivity contribution in [3.8, 4) is 5.82 Å². The summed E-state index contributed by atoms with van der Waals surface area (Å²) in [6.07, 6.45) is 3.44. The number of hydrogen-bond donors (Lipinski definition) is 1. The zero-order chi connectivity index (χ0) is 15.8. The fraction of sp³-hybridized carbons (Fsp3) is 0.438. The summed E-state index contributed by atoms with van der Waals surface area (Å²) in [5, 5.41) is 7.74. The molecule has 0 unspecified atom stereocenters. The summed E-state index contributed by atoms with van der Waals surface area (Å²) in [6.45, 7) is 4.76. The molecule has 2 fully saturated rings. The van der Waals surface area contributed by atoms with E-state index in [-0.39, 0.29) is 18.1 Å². The van der Waals surface area contributed by atoms with Crippen molar-refractivity contribution in [3.63, 3.8) is 0 Å². The lowest BCUT2D eigenvalue weighted by Gasteiger charge is -2.25. The van der Waals surface area contributed by atoms with Crippen molar-refractivity contribution in [2.75, 3.05) is 26.2 Å². The van der Waals surface area contributed by atoms with Gasteiger partial charge in [-0.05, 0) is 19.1 Å². The Bertz CT molecular complexity index is 701. The van der Waals surface area contributed by atoms with Crippen molar-refractivity contribution in [1.82, 2.24) is 25.0 Å². The number of likely N-dealkylation sites (tertiary alicyclic amines) is 1. The molecule has 0 spiro atoms. The molecular formula is C16H19N5O2. The number of nitrogens with one attached hydrogen (secondary N) is 1. The van der Waals surface area contributed by atoms with Crippen LogP contribution in [0.1, 0.15) is 16.1 Å². The smallest absolute Gasteiger partial charge is 0.257 e. The second-order valence-electron chi connectivity index (χ2n) is 5.92. The lowest BCUT2D eigenvalue weighted by molar-refractivity contribution is 0.0176. The minimum atomic E-state index is 0.00415. The van der Waals surface area contributed by atoms with Gasteiger partial charge in [0.1, 0.15) is 0 Å². The van der Waals surface area contributed by atoms with E-state index in [2.05, 4.69) is 15.4 Å². The summed E-state index contributed by atoms with van der Waals surface area (Å²) in [5.74, 6) is 0.716. The number of carbonyl (C=O) groups is 1. The summed E-state index contributed by atoms with van der Waals surface area (Å²) >= 11 is 0. The fourth-order valence-corrected chi connectivity index (χ4v) is 3.26. The van der Waals surface area contributed by atoms with Crippen LogP contribution in [0, 0.1) is 6.92 Å². The molecule has 2 saturated heterocycles. The lowest BCUT2D eigenvalue weighted by Crippen LogP contribution is -2.47. The molecule has 2 aromatic rings. The van der Waals surface area contributed by atoms with E-state index in [4.69, 9.17) is 4.74 Å². The van der Waals surface area contributed by atoms with E-state index in [0.29, 0.717) is 31.1 Å². The molecule has 23 heavy (non-hydrogen) atoms. The van der Waals surface area contributed by atoms with Crippen molar-refractivity contribution >= 4 is 5.91 Å². The van der Waals surface area contributed by atoms with Gasteiger partial charge < -0.3 is 15.0 Å². The molecule has 120 valence electrons. The Kier molecular flexibility index (Phi) is 3.59. The topological polar surface area (TPSA) is 72.3 Å². The summed E-state index contributed by atoms with van der Waals surface area (Å²) in [6, 6.07) is 5.86. The number of rotatable bonds is 2. The maximum absolute atomic E-state index is 12.8. The number of hydrogen-bond acceptors (Lipinski definition) is 5. The Morgan fingerprint density at radius 2 is 2.30 bits per heavy atom. The zero-order valence-electron chi connectivity index (χ0n) is 13.0. The minimum Gasteiger partial charge on any atom is -0.373 e. The van der Waals surface area contributed by atoms with Gasteiger partial charge in [0.05, 0.1) is 36.2 Å². The first-order chi connectivity index (χ1) is 11.2. The monoisotopic (exact) mass is 313 g/mol. The van der Waals surface area contributed by atoms with Gasteiger partial charge in [-0.2, -0.15) is 5.10 Å². The highest BCUT2D eigenvalue weighted by molar-refractivity contribution is 5.95. The Morgan fingerprint density at radius 3 is 3.09 bits per heavy atom. The second kappa shape index (κ2) is 5.75.